The third-order valence-corrected chi connectivity index (χ3v) is 7.23. The molecule has 7 heteroatoms. The van der Waals surface area contributed by atoms with Crippen molar-refractivity contribution in [3.05, 3.63) is 63.5 Å². The van der Waals surface area contributed by atoms with Crippen LogP contribution in [0.15, 0.2) is 47.4 Å². The van der Waals surface area contributed by atoms with Crippen LogP contribution in [0.25, 0.3) is 6.08 Å². The Morgan fingerprint density at radius 3 is 2.62 bits per heavy atom. The van der Waals surface area contributed by atoms with E-state index in [2.05, 4.69) is 0 Å². The number of nitrogens with zero attached hydrogens (tertiary/aromatic N) is 1. The van der Waals surface area contributed by atoms with Crippen molar-refractivity contribution in [2.45, 2.75) is 51.7 Å². The molecule has 1 aliphatic heterocycles. The highest BCUT2D eigenvalue weighted by Crippen LogP contribution is 2.41. The summed E-state index contributed by atoms with van der Waals surface area (Å²) in [6.45, 7) is 2.78. The Bertz CT molecular complexity index is 1020. The lowest BCUT2D eigenvalue weighted by Gasteiger charge is -2.29. The third kappa shape index (κ3) is 5.30. The highest BCUT2D eigenvalue weighted by Gasteiger charge is 2.37. The molecule has 0 unspecified atom stereocenters. The van der Waals surface area contributed by atoms with Gasteiger partial charge in [0, 0.05) is 6.04 Å². The molecule has 1 saturated heterocycles. The van der Waals surface area contributed by atoms with Crippen molar-refractivity contribution in [2.24, 2.45) is 0 Å². The van der Waals surface area contributed by atoms with Crippen LogP contribution in [0.2, 0.25) is 5.02 Å². The van der Waals surface area contributed by atoms with Gasteiger partial charge in [-0.15, -0.1) is 0 Å². The van der Waals surface area contributed by atoms with Crippen LogP contribution in [0.4, 0.5) is 0 Å². The van der Waals surface area contributed by atoms with Gasteiger partial charge in [0.05, 0.1) is 16.5 Å². The first-order valence-electron chi connectivity index (χ1n) is 11.0. The van der Waals surface area contributed by atoms with Crippen molar-refractivity contribution in [3.8, 4) is 11.5 Å². The number of carbonyl (C=O) groups is 1. The standard InChI is InChI=1S/C25H26ClNO3S2/c1-2-29-21-14-18(13-20(26)23(21)30-16-17-9-5-3-6-10-17)15-22-24(28)27(25(31)32-22)19-11-7-4-8-12-19/h3,5-6,9-10,13-15,19H,2,4,7-8,11-12,16H2,1H3/b22-15+. The Kier molecular flexibility index (Phi) is 7.76. The van der Waals surface area contributed by atoms with Crippen LogP contribution in [0.1, 0.15) is 50.2 Å². The second-order valence-corrected chi connectivity index (χ2v) is 9.96. The molecule has 168 valence electrons. The van der Waals surface area contributed by atoms with Gasteiger partial charge in [0.15, 0.2) is 11.5 Å². The molecule has 1 heterocycles. The van der Waals surface area contributed by atoms with Gasteiger partial charge in [-0.05, 0) is 49.1 Å². The van der Waals surface area contributed by atoms with Gasteiger partial charge in [-0.3, -0.25) is 9.69 Å². The van der Waals surface area contributed by atoms with E-state index in [1.54, 1.807) is 6.07 Å². The summed E-state index contributed by atoms with van der Waals surface area (Å²) in [5.74, 6) is 1.06. The summed E-state index contributed by atoms with van der Waals surface area (Å²) in [6.07, 6.45) is 7.42. The molecule has 1 amide bonds. The number of rotatable bonds is 7. The molecule has 2 fully saturated rings. The lowest BCUT2D eigenvalue weighted by Crippen LogP contribution is -2.39. The van der Waals surface area contributed by atoms with Gasteiger partial charge in [0.2, 0.25) is 0 Å². The average Bonchev–Trinajstić information content (AvgIpc) is 3.07. The van der Waals surface area contributed by atoms with Crippen molar-refractivity contribution < 1.29 is 14.3 Å². The smallest absolute Gasteiger partial charge is 0.266 e. The number of ether oxygens (including phenoxy) is 2. The van der Waals surface area contributed by atoms with Gasteiger partial charge in [0.25, 0.3) is 5.91 Å². The Morgan fingerprint density at radius 1 is 1.16 bits per heavy atom. The van der Waals surface area contributed by atoms with Crippen LogP contribution in [-0.2, 0) is 11.4 Å². The Balaban J connectivity index is 1.56. The van der Waals surface area contributed by atoms with Crippen LogP contribution in [0, 0.1) is 0 Å². The number of amides is 1. The predicted molar refractivity (Wildman–Crippen MR) is 135 cm³/mol. The van der Waals surface area contributed by atoms with Gasteiger partial charge in [-0.25, -0.2) is 0 Å². The zero-order valence-corrected chi connectivity index (χ0v) is 20.4. The summed E-state index contributed by atoms with van der Waals surface area (Å²) in [7, 11) is 0. The molecule has 0 aromatic heterocycles. The molecule has 32 heavy (non-hydrogen) atoms. The lowest BCUT2D eigenvalue weighted by atomic mass is 9.94. The summed E-state index contributed by atoms with van der Waals surface area (Å²) in [5.41, 5.74) is 1.83. The average molecular weight is 488 g/mol. The number of carbonyl (C=O) groups excluding carboxylic acids is 1. The molecular formula is C25H26ClNO3S2. The van der Waals surface area contributed by atoms with Crippen LogP contribution in [0.5, 0.6) is 11.5 Å². The first kappa shape index (κ1) is 23.1. The lowest BCUT2D eigenvalue weighted by molar-refractivity contribution is -0.124. The number of halogens is 1. The van der Waals surface area contributed by atoms with E-state index in [0.717, 1.165) is 36.8 Å². The molecule has 4 nitrogen and oxygen atoms in total. The van der Waals surface area contributed by atoms with Gasteiger partial charge in [-0.2, -0.15) is 0 Å². The Hall–Kier alpha value is -2.02. The number of benzene rings is 2. The SMILES string of the molecule is CCOc1cc(/C=C2/SC(=S)N(C3CCCCC3)C2=O)cc(Cl)c1OCc1ccccc1. The number of hydrogen-bond donors (Lipinski definition) is 0. The van der Waals surface area contributed by atoms with Crippen molar-refractivity contribution in [1.82, 2.24) is 4.90 Å². The van der Waals surface area contributed by atoms with Crippen LogP contribution in [0.3, 0.4) is 0 Å². The maximum Gasteiger partial charge on any atom is 0.266 e. The van der Waals surface area contributed by atoms with Crippen molar-refractivity contribution >= 4 is 51.9 Å². The molecule has 2 aromatic rings. The molecule has 0 bridgehead atoms. The third-order valence-electron chi connectivity index (χ3n) is 5.62. The van der Waals surface area contributed by atoms with E-state index in [1.165, 1.54) is 18.2 Å². The molecule has 1 saturated carbocycles. The van der Waals surface area contributed by atoms with E-state index >= 15 is 0 Å². The first-order valence-corrected chi connectivity index (χ1v) is 12.6. The molecule has 0 spiro atoms. The van der Waals surface area contributed by atoms with E-state index in [0.29, 0.717) is 39.0 Å². The number of hydrogen-bond acceptors (Lipinski definition) is 5. The second kappa shape index (κ2) is 10.7. The molecule has 1 aliphatic carbocycles. The highest BCUT2D eigenvalue weighted by molar-refractivity contribution is 8.26. The van der Waals surface area contributed by atoms with Gasteiger partial charge in [-0.1, -0.05) is 85.2 Å². The summed E-state index contributed by atoms with van der Waals surface area (Å²) in [4.78, 5) is 15.5. The fraction of sp³-hybridized carbons (Fsp3) is 0.360. The monoisotopic (exact) mass is 487 g/mol. The largest absolute Gasteiger partial charge is 0.490 e. The quantitative estimate of drug-likeness (QED) is 0.315. The van der Waals surface area contributed by atoms with Gasteiger partial charge < -0.3 is 9.47 Å². The topological polar surface area (TPSA) is 38.8 Å². The van der Waals surface area contributed by atoms with Crippen molar-refractivity contribution in [1.29, 1.82) is 0 Å². The predicted octanol–water partition coefficient (Wildman–Crippen LogP) is 6.85. The first-order chi connectivity index (χ1) is 15.6. The zero-order chi connectivity index (χ0) is 22.5. The molecular weight excluding hydrogens is 462 g/mol. The molecule has 0 atom stereocenters. The number of thiocarbonyl (C=S) groups is 1. The van der Waals surface area contributed by atoms with E-state index in [-0.39, 0.29) is 11.9 Å². The van der Waals surface area contributed by atoms with Gasteiger partial charge in [0.1, 0.15) is 10.9 Å². The van der Waals surface area contributed by atoms with Crippen LogP contribution in [-0.4, -0.2) is 27.8 Å². The fourth-order valence-electron chi connectivity index (χ4n) is 4.09. The summed E-state index contributed by atoms with van der Waals surface area (Å²) in [6, 6.07) is 13.8. The van der Waals surface area contributed by atoms with E-state index in [4.69, 9.17) is 33.3 Å². The Labute approximate surface area is 203 Å². The van der Waals surface area contributed by atoms with E-state index in [1.807, 2.05) is 54.3 Å². The molecule has 2 aromatic carbocycles. The minimum atomic E-state index is -0.00890. The van der Waals surface area contributed by atoms with E-state index < -0.39 is 0 Å². The van der Waals surface area contributed by atoms with Crippen molar-refractivity contribution in [2.75, 3.05) is 6.61 Å². The summed E-state index contributed by atoms with van der Waals surface area (Å²) in [5, 5.41) is 0.445. The number of thioether (sulfide) groups is 1. The molecule has 0 radical (unpaired) electrons. The molecule has 2 aliphatic rings. The summed E-state index contributed by atoms with van der Waals surface area (Å²) >= 11 is 13.5. The second-order valence-electron chi connectivity index (χ2n) is 7.88. The highest BCUT2D eigenvalue weighted by atomic mass is 35.5. The van der Waals surface area contributed by atoms with Gasteiger partial charge >= 0.3 is 0 Å². The van der Waals surface area contributed by atoms with E-state index in [9.17, 15) is 4.79 Å². The van der Waals surface area contributed by atoms with Crippen LogP contribution >= 0.6 is 35.6 Å². The normalized spacial score (nSPS) is 18.4. The zero-order valence-electron chi connectivity index (χ0n) is 18.0. The molecule has 0 N–H and O–H groups in total. The minimum Gasteiger partial charge on any atom is -0.490 e. The summed E-state index contributed by atoms with van der Waals surface area (Å²) < 4.78 is 12.4. The minimum absolute atomic E-state index is 0.00890. The Morgan fingerprint density at radius 2 is 1.91 bits per heavy atom. The van der Waals surface area contributed by atoms with Crippen molar-refractivity contribution in [3.63, 3.8) is 0 Å². The maximum atomic E-state index is 13.1. The maximum absolute atomic E-state index is 13.1. The fourth-order valence-corrected chi connectivity index (χ4v) is 5.76. The van der Waals surface area contributed by atoms with Crippen LogP contribution < -0.4 is 9.47 Å². The molecule has 4 rings (SSSR count).